The number of rotatable bonds is 4. The van der Waals surface area contributed by atoms with E-state index in [1.54, 1.807) is 0 Å². The Morgan fingerprint density at radius 3 is 2.76 bits per heavy atom. The molecule has 1 aliphatic heterocycles. The van der Waals surface area contributed by atoms with Gasteiger partial charge in [0.15, 0.2) is 0 Å². The molecule has 1 aromatic rings. The molecule has 114 valence electrons. The number of hydrogen-bond donors (Lipinski definition) is 1. The SMILES string of the molecule is CCOC(=O)[C@@H]1[C@@H]2C[C@@H](O)[C@@H](C2)N1[C@H](C)c1ccccc1. The zero-order valence-electron chi connectivity index (χ0n) is 12.6. The van der Waals surface area contributed by atoms with Crippen LogP contribution in [0.15, 0.2) is 30.3 Å². The standard InChI is InChI=1S/C17H23NO3/c1-3-21-17(20)16-13-9-14(15(19)10-13)18(16)11(2)12-7-5-4-6-8-12/h4-8,11,13-16,19H,3,9-10H2,1-2H3/t11-,13+,14-,15-,16+/m1/s1. The Labute approximate surface area is 125 Å². The minimum Gasteiger partial charge on any atom is -0.465 e. The van der Waals surface area contributed by atoms with Crippen LogP contribution in [0, 0.1) is 5.92 Å². The second kappa shape index (κ2) is 5.78. The minimum absolute atomic E-state index is 0.0691. The summed E-state index contributed by atoms with van der Waals surface area (Å²) in [6, 6.07) is 10.1. The monoisotopic (exact) mass is 289 g/mol. The summed E-state index contributed by atoms with van der Waals surface area (Å²) in [6.45, 7) is 4.35. The van der Waals surface area contributed by atoms with Crippen LogP contribution in [0.3, 0.4) is 0 Å². The smallest absolute Gasteiger partial charge is 0.323 e. The van der Waals surface area contributed by atoms with Crippen LogP contribution in [0.25, 0.3) is 0 Å². The van der Waals surface area contributed by atoms with Gasteiger partial charge in [0.05, 0.1) is 12.7 Å². The highest BCUT2D eigenvalue weighted by atomic mass is 16.5. The van der Waals surface area contributed by atoms with Crippen molar-refractivity contribution in [2.24, 2.45) is 5.92 Å². The molecule has 1 aromatic carbocycles. The van der Waals surface area contributed by atoms with E-state index in [2.05, 4.69) is 24.0 Å². The lowest BCUT2D eigenvalue weighted by Gasteiger charge is -2.40. The number of benzene rings is 1. The number of aliphatic hydroxyl groups excluding tert-OH is 1. The first-order chi connectivity index (χ1) is 10.1. The van der Waals surface area contributed by atoms with Crippen molar-refractivity contribution in [1.82, 2.24) is 4.90 Å². The fourth-order valence-corrected chi connectivity index (χ4v) is 4.03. The summed E-state index contributed by atoms with van der Waals surface area (Å²) in [6.07, 6.45) is 1.28. The predicted octanol–water partition coefficient (Wildman–Crippen LogP) is 2.13. The van der Waals surface area contributed by atoms with E-state index < -0.39 is 0 Å². The Kier molecular flexibility index (Phi) is 4.00. The van der Waals surface area contributed by atoms with Crippen molar-refractivity contribution in [2.45, 2.75) is 50.9 Å². The number of esters is 1. The first-order valence-corrected chi connectivity index (χ1v) is 7.80. The van der Waals surface area contributed by atoms with E-state index in [0.717, 1.165) is 6.42 Å². The number of likely N-dealkylation sites (tertiary alicyclic amines) is 1. The van der Waals surface area contributed by atoms with Crippen LogP contribution in [-0.4, -0.2) is 40.8 Å². The molecule has 5 atom stereocenters. The van der Waals surface area contributed by atoms with E-state index in [4.69, 9.17) is 4.74 Å². The third kappa shape index (κ3) is 2.47. The maximum absolute atomic E-state index is 12.3. The largest absolute Gasteiger partial charge is 0.465 e. The van der Waals surface area contributed by atoms with Crippen molar-refractivity contribution in [2.75, 3.05) is 6.61 Å². The fraction of sp³-hybridized carbons (Fsp3) is 0.588. The Morgan fingerprint density at radius 1 is 1.38 bits per heavy atom. The van der Waals surface area contributed by atoms with Gasteiger partial charge in [0.2, 0.25) is 0 Å². The maximum Gasteiger partial charge on any atom is 0.323 e. The molecule has 2 bridgehead atoms. The quantitative estimate of drug-likeness (QED) is 0.863. The van der Waals surface area contributed by atoms with E-state index in [9.17, 15) is 9.90 Å². The van der Waals surface area contributed by atoms with E-state index in [-0.39, 0.29) is 36.1 Å². The Bertz CT molecular complexity index is 504. The molecule has 1 saturated heterocycles. The summed E-state index contributed by atoms with van der Waals surface area (Å²) in [7, 11) is 0. The number of carbonyl (C=O) groups is 1. The van der Waals surface area contributed by atoms with Crippen LogP contribution >= 0.6 is 0 Å². The maximum atomic E-state index is 12.3. The van der Waals surface area contributed by atoms with Gasteiger partial charge < -0.3 is 9.84 Å². The van der Waals surface area contributed by atoms with E-state index in [0.29, 0.717) is 13.0 Å². The van der Waals surface area contributed by atoms with Crippen molar-refractivity contribution >= 4 is 5.97 Å². The first kappa shape index (κ1) is 14.5. The first-order valence-electron chi connectivity index (χ1n) is 7.80. The highest BCUT2D eigenvalue weighted by molar-refractivity contribution is 5.77. The predicted molar refractivity (Wildman–Crippen MR) is 79.6 cm³/mol. The molecule has 2 aliphatic rings. The molecule has 1 N–H and O–H groups in total. The number of piperidine rings is 1. The Morgan fingerprint density at radius 2 is 2.10 bits per heavy atom. The van der Waals surface area contributed by atoms with Gasteiger partial charge in [-0.1, -0.05) is 30.3 Å². The van der Waals surface area contributed by atoms with Crippen molar-refractivity contribution in [3.63, 3.8) is 0 Å². The molecule has 4 heteroatoms. The lowest BCUT2D eigenvalue weighted by Crippen LogP contribution is -2.52. The molecule has 0 unspecified atom stereocenters. The summed E-state index contributed by atoms with van der Waals surface area (Å²) in [5.74, 6) is 0.0786. The molecule has 2 fully saturated rings. The van der Waals surface area contributed by atoms with E-state index >= 15 is 0 Å². The molecule has 1 aliphatic carbocycles. The van der Waals surface area contributed by atoms with Gasteiger partial charge in [-0.15, -0.1) is 0 Å². The zero-order valence-corrected chi connectivity index (χ0v) is 12.6. The highest BCUT2D eigenvalue weighted by Gasteiger charge is 2.55. The van der Waals surface area contributed by atoms with Gasteiger partial charge >= 0.3 is 5.97 Å². The Hall–Kier alpha value is -1.39. The summed E-state index contributed by atoms with van der Waals surface area (Å²) in [5.41, 5.74) is 1.17. The normalized spacial score (nSPS) is 33.1. The van der Waals surface area contributed by atoms with Crippen molar-refractivity contribution in [1.29, 1.82) is 0 Å². The molecule has 4 nitrogen and oxygen atoms in total. The van der Waals surface area contributed by atoms with Gasteiger partial charge in [-0.2, -0.15) is 0 Å². The number of ether oxygens (including phenoxy) is 1. The van der Waals surface area contributed by atoms with Crippen molar-refractivity contribution in [3.05, 3.63) is 35.9 Å². The van der Waals surface area contributed by atoms with Gasteiger partial charge in [0.1, 0.15) is 6.04 Å². The fourth-order valence-electron chi connectivity index (χ4n) is 4.03. The van der Waals surface area contributed by atoms with Crippen molar-refractivity contribution in [3.8, 4) is 0 Å². The van der Waals surface area contributed by atoms with E-state index in [1.807, 2.05) is 25.1 Å². The third-order valence-corrected chi connectivity index (χ3v) is 4.94. The molecule has 0 radical (unpaired) electrons. The molecule has 1 saturated carbocycles. The molecular weight excluding hydrogens is 266 g/mol. The number of aliphatic hydroxyl groups is 1. The summed E-state index contributed by atoms with van der Waals surface area (Å²) in [4.78, 5) is 14.5. The highest BCUT2D eigenvalue weighted by Crippen LogP contribution is 2.47. The van der Waals surface area contributed by atoms with Gasteiger partial charge in [-0.05, 0) is 38.2 Å². The molecule has 3 rings (SSSR count). The summed E-state index contributed by atoms with van der Waals surface area (Å²) in [5, 5.41) is 10.2. The summed E-state index contributed by atoms with van der Waals surface area (Å²) >= 11 is 0. The minimum atomic E-state index is -0.327. The zero-order chi connectivity index (χ0) is 15.0. The number of carbonyl (C=O) groups excluding carboxylic acids is 1. The van der Waals surface area contributed by atoms with Crippen LogP contribution in [0.4, 0.5) is 0 Å². The molecule has 0 aromatic heterocycles. The van der Waals surface area contributed by atoms with Gasteiger partial charge in [0.25, 0.3) is 0 Å². The van der Waals surface area contributed by atoms with Crippen LogP contribution in [0.5, 0.6) is 0 Å². The van der Waals surface area contributed by atoms with Gasteiger partial charge in [-0.25, -0.2) is 0 Å². The molecule has 0 spiro atoms. The van der Waals surface area contributed by atoms with Crippen LogP contribution < -0.4 is 0 Å². The third-order valence-electron chi connectivity index (χ3n) is 4.94. The molecular formula is C17H23NO3. The number of fused-ring (bicyclic) bond motifs is 2. The van der Waals surface area contributed by atoms with Gasteiger partial charge in [-0.3, -0.25) is 9.69 Å². The van der Waals surface area contributed by atoms with Crippen molar-refractivity contribution < 1.29 is 14.6 Å². The molecule has 1 heterocycles. The van der Waals surface area contributed by atoms with Crippen LogP contribution in [0.1, 0.15) is 38.3 Å². The summed E-state index contributed by atoms with van der Waals surface area (Å²) < 4.78 is 5.27. The molecule has 0 amide bonds. The average molecular weight is 289 g/mol. The Balaban J connectivity index is 1.88. The topological polar surface area (TPSA) is 49.8 Å². The van der Waals surface area contributed by atoms with Crippen LogP contribution in [0.2, 0.25) is 0 Å². The van der Waals surface area contributed by atoms with E-state index in [1.165, 1.54) is 5.56 Å². The van der Waals surface area contributed by atoms with Gasteiger partial charge in [0, 0.05) is 12.1 Å². The average Bonchev–Trinajstić information content (AvgIpc) is 3.04. The second-order valence-corrected chi connectivity index (χ2v) is 6.10. The number of nitrogens with zero attached hydrogens (tertiary/aromatic N) is 1. The lowest BCUT2D eigenvalue weighted by molar-refractivity contribution is -0.154. The lowest BCUT2D eigenvalue weighted by atomic mass is 9.94. The second-order valence-electron chi connectivity index (χ2n) is 6.10. The number of hydrogen-bond acceptors (Lipinski definition) is 4. The molecule has 21 heavy (non-hydrogen) atoms. The van der Waals surface area contributed by atoms with Crippen LogP contribution in [-0.2, 0) is 9.53 Å².